The van der Waals surface area contributed by atoms with E-state index in [0.717, 1.165) is 31.7 Å². The predicted molar refractivity (Wildman–Crippen MR) is 137 cm³/mol. The van der Waals surface area contributed by atoms with Gasteiger partial charge in [-0.15, -0.1) is 0 Å². The van der Waals surface area contributed by atoms with Crippen molar-refractivity contribution in [3.63, 3.8) is 0 Å². The molecule has 0 aliphatic carbocycles. The Balaban J connectivity index is 1.58. The van der Waals surface area contributed by atoms with E-state index in [1.54, 1.807) is 6.07 Å². The van der Waals surface area contributed by atoms with Gasteiger partial charge in [0, 0.05) is 24.7 Å². The quantitative estimate of drug-likeness (QED) is 0.528. The molecule has 172 valence electrons. The SMILES string of the molecule is C[Si](C)(C)C(OC1CCN(c2ccc(B(O)O)cn2)CC1)(c1ccccc1)c1ccccc1. The molecule has 1 aromatic heterocycles. The summed E-state index contributed by atoms with van der Waals surface area (Å²) in [6, 6.07) is 25.0. The predicted octanol–water partition coefficient (Wildman–Crippen LogP) is 3.57. The zero-order chi connectivity index (χ0) is 23.5. The molecule has 0 amide bonds. The molecule has 1 aliphatic rings. The highest BCUT2D eigenvalue weighted by atomic mass is 28.3. The van der Waals surface area contributed by atoms with E-state index in [4.69, 9.17) is 4.74 Å². The maximum Gasteiger partial charge on any atom is 0.490 e. The van der Waals surface area contributed by atoms with E-state index in [0.29, 0.717) is 5.46 Å². The molecule has 0 spiro atoms. The number of aromatic nitrogens is 1. The number of anilines is 1. The van der Waals surface area contributed by atoms with Crippen molar-refractivity contribution in [3.8, 4) is 0 Å². The van der Waals surface area contributed by atoms with E-state index in [9.17, 15) is 10.0 Å². The highest BCUT2D eigenvalue weighted by Gasteiger charge is 2.49. The van der Waals surface area contributed by atoms with E-state index >= 15 is 0 Å². The summed E-state index contributed by atoms with van der Waals surface area (Å²) in [4.78, 5) is 6.67. The Hall–Kier alpha value is -2.45. The lowest BCUT2D eigenvalue weighted by atomic mass is 9.82. The smallest absolute Gasteiger partial charge is 0.423 e. The number of hydrogen-bond donors (Lipinski definition) is 2. The number of rotatable bonds is 7. The van der Waals surface area contributed by atoms with Crippen molar-refractivity contribution in [1.29, 1.82) is 0 Å². The molecule has 0 unspecified atom stereocenters. The van der Waals surface area contributed by atoms with Crippen LogP contribution in [0.25, 0.3) is 0 Å². The highest BCUT2D eigenvalue weighted by Crippen LogP contribution is 2.44. The highest BCUT2D eigenvalue weighted by molar-refractivity contribution is 6.79. The number of piperidine rings is 1. The van der Waals surface area contributed by atoms with Crippen LogP contribution in [-0.2, 0) is 9.96 Å². The first-order chi connectivity index (χ1) is 15.8. The lowest BCUT2D eigenvalue weighted by molar-refractivity contribution is -0.0386. The van der Waals surface area contributed by atoms with Gasteiger partial charge in [-0.3, -0.25) is 0 Å². The van der Waals surface area contributed by atoms with Crippen LogP contribution in [0.3, 0.4) is 0 Å². The first kappa shape index (κ1) is 23.7. The van der Waals surface area contributed by atoms with Gasteiger partial charge in [-0.25, -0.2) is 4.98 Å². The fraction of sp³-hybridized carbons (Fsp3) is 0.346. The van der Waals surface area contributed by atoms with Crippen molar-refractivity contribution < 1.29 is 14.8 Å². The minimum atomic E-state index is -1.90. The van der Waals surface area contributed by atoms with Gasteiger partial charge in [-0.2, -0.15) is 0 Å². The molecule has 1 fully saturated rings. The van der Waals surface area contributed by atoms with Gasteiger partial charge in [0.1, 0.15) is 11.0 Å². The van der Waals surface area contributed by atoms with Gasteiger partial charge in [0.15, 0.2) is 0 Å². The van der Waals surface area contributed by atoms with E-state index in [1.807, 2.05) is 6.07 Å². The molecular weight excluding hydrogens is 427 g/mol. The Kier molecular flexibility index (Phi) is 7.05. The third-order valence-electron chi connectivity index (χ3n) is 6.60. The topological polar surface area (TPSA) is 65.8 Å². The molecule has 5 nitrogen and oxygen atoms in total. The molecule has 1 aliphatic heterocycles. The van der Waals surface area contributed by atoms with Gasteiger partial charge in [-0.1, -0.05) is 86.4 Å². The van der Waals surface area contributed by atoms with Crippen LogP contribution in [0.2, 0.25) is 19.6 Å². The summed E-state index contributed by atoms with van der Waals surface area (Å²) >= 11 is 0. The standard InChI is InChI=1S/C26H33BN2O3Si/c1-33(2,3)26(21-10-6-4-7-11-21,22-12-8-5-9-13-22)32-24-16-18-29(19-17-24)25-15-14-23(20-28-25)27(30)31/h4-15,20,24,30-31H,16-19H2,1-3H3. The Morgan fingerprint density at radius 3 is 1.85 bits per heavy atom. The maximum atomic E-state index is 9.31. The van der Waals surface area contributed by atoms with Crippen LogP contribution in [0.15, 0.2) is 79.0 Å². The fourth-order valence-electron chi connectivity index (χ4n) is 4.88. The van der Waals surface area contributed by atoms with Crippen molar-refractivity contribution in [1.82, 2.24) is 4.98 Å². The molecule has 3 aromatic rings. The molecule has 4 rings (SSSR count). The average molecular weight is 460 g/mol. The summed E-state index contributed by atoms with van der Waals surface area (Å²) in [5, 5.41) is 18.2. The number of nitrogens with zero attached hydrogens (tertiary/aromatic N) is 2. The van der Waals surface area contributed by atoms with Crippen LogP contribution in [0, 0.1) is 0 Å². The van der Waals surface area contributed by atoms with Crippen molar-refractivity contribution in [2.24, 2.45) is 0 Å². The third kappa shape index (κ3) is 4.92. The van der Waals surface area contributed by atoms with Gasteiger partial charge in [-0.05, 0) is 30.0 Å². The van der Waals surface area contributed by atoms with E-state index in [1.165, 1.54) is 17.3 Å². The van der Waals surface area contributed by atoms with Crippen LogP contribution in [0.4, 0.5) is 5.82 Å². The summed E-state index contributed by atoms with van der Waals surface area (Å²) in [5.74, 6) is 0.862. The summed E-state index contributed by atoms with van der Waals surface area (Å²) in [7, 11) is -3.39. The van der Waals surface area contributed by atoms with Gasteiger partial charge in [0.05, 0.1) is 14.2 Å². The molecule has 33 heavy (non-hydrogen) atoms. The Bertz CT molecular complexity index is 979. The van der Waals surface area contributed by atoms with Crippen LogP contribution in [0.1, 0.15) is 24.0 Å². The molecule has 0 bridgehead atoms. The summed E-state index contributed by atoms with van der Waals surface area (Å²) in [6.07, 6.45) is 3.51. The van der Waals surface area contributed by atoms with E-state index in [2.05, 4.69) is 90.2 Å². The second kappa shape index (κ2) is 9.81. The minimum Gasteiger partial charge on any atom is -0.423 e. The monoisotopic (exact) mass is 460 g/mol. The van der Waals surface area contributed by atoms with Crippen molar-refractivity contribution >= 4 is 26.5 Å². The van der Waals surface area contributed by atoms with Crippen molar-refractivity contribution in [2.45, 2.75) is 43.8 Å². The second-order valence-corrected chi connectivity index (χ2v) is 15.0. The zero-order valence-corrected chi connectivity index (χ0v) is 20.7. The first-order valence-electron chi connectivity index (χ1n) is 11.7. The average Bonchev–Trinajstić information content (AvgIpc) is 2.83. The molecule has 0 atom stereocenters. The van der Waals surface area contributed by atoms with Crippen molar-refractivity contribution in [3.05, 3.63) is 90.1 Å². The van der Waals surface area contributed by atoms with Gasteiger partial charge in [0.2, 0.25) is 0 Å². The number of ether oxygens (including phenoxy) is 1. The Morgan fingerprint density at radius 1 is 0.879 bits per heavy atom. The van der Waals surface area contributed by atoms with Crippen LogP contribution in [-0.4, -0.2) is 49.4 Å². The second-order valence-electron chi connectivity index (χ2n) is 9.79. The maximum absolute atomic E-state index is 9.31. The molecular formula is C26H33BN2O3Si. The molecule has 2 heterocycles. The normalized spacial score (nSPS) is 15.5. The van der Waals surface area contributed by atoms with Gasteiger partial charge < -0.3 is 19.7 Å². The Morgan fingerprint density at radius 2 is 1.42 bits per heavy atom. The van der Waals surface area contributed by atoms with Crippen LogP contribution in [0.5, 0.6) is 0 Å². The van der Waals surface area contributed by atoms with Gasteiger partial charge >= 0.3 is 7.12 Å². The largest absolute Gasteiger partial charge is 0.490 e. The van der Waals surface area contributed by atoms with Crippen molar-refractivity contribution in [2.75, 3.05) is 18.0 Å². The molecule has 7 heteroatoms. The molecule has 2 N–H and O–H groups in total. The minimum absolute atomic E-state index is 0.145. The summed E-state index contributed by atoms with van der Waals surface area (Å²) in [6.45, 7) is 8.88. The number of benzene rings is 2. The van der Waals surface area contributed by atoms with E-state index < -0.39 is 20.4 Å². The molecule has 0 saturated carbocycles. The number of pyridine rings is 1. The Labute approximate surface area is 198 Å². The fourth-order valence-corrected chi connectivity index (χ4v) is 7.47. The van der Waals surface area contributed by atoms with Crippen LogP contribution >= 0.6 is 0 Å². The molecule has 0 radical (unpaired) electrons. The molecule has 2 aromatic carbocycles. The molecule has 1 saturated heterocycles. The lowest BCUT2D eigenvalue weighted by Gasteiger charge is -2.48. The third-order valence-corrected chi connectivity index (χ3v) is 9.40. The summed E-state index contributed by atoms with van der Waals surface area (Å²) < 4.78 is 7.20. The lowest BCUT2D eigenvalue weighted by Crippen LogP contribution is -2.55. The van der Waals surface area contributed by atoms with Crippen LogP contribution < -0.4 is 10.4 Å². The summed E-state index contributed by atoms with van der Waals surface area (Å²) in [5.41, 5.74) is 2.87. The first-order valence-corrected chi connectivity index (χ1v) is 15.2. The zero-order valence-electron chi connectivity index (χ0n) is 19.7. The van der Waals surface area contributed by atoms with Gasteiger partial charge in [0.25, 0.3) is 0 Å². The van der Waals surface area contributed by atoms with E-state index in [-0.39, 0.29) is 6.10 Å². The number of hydrogen-bond acceptors (Lipinski definition) is 5.